The molecule has 9 heteroatoms. The number of nitrogens with zero attached hydrogens (tertiary/aromatic N) is 5. The van der Waals surface area contributed by atoms with Crippen LogP contribution in [0.2, 0.25) is 0 Å². The lowest BCUT2D eigenvalue weighted by Crippen LogP contribution is -2.50. The molecule has 7 nitrogen and oxygen atoms in total. The summed E-state index contributed by atoms with van der Waals surface area (Å²) in [7, 11) is 0. The van der Waals surface area contributed by atoms with E-state index >= 15 is 0 Å². The molecule has 0 radical (unpaired) electrons. The lowest BCUT2D eigenvalue weighted by Gasteiger charge is -2.37. The summed E-state index contributed by atoms with van der Waals surface area (Å²) >= 11 is 0. The molecule has 1 amide bonds. The van der Waals surface area contributed by atoms with Gasteiger partial charge in [-0.05, 0) is 42.7 Å². The SMILES string of the molecule is N#Cc1ccc(N2CCC3(CC2)OC2CCC(c4cc(F)cc(F)c4)N2C3=O)nn1. The third kappa shape index (κ3) is 2.99. The number of rotatable bonds is 2. The van der Waals surface area contributed by atoms with Crippen LogP contribution >= 0.6 is 0 Å². The molecule has 3 saturated heterocycles. The monoisotopic (exact) mass is 411 g/mol. The second-order valence-corrected chi connectivity index (χ2v) is 7.95. The first kappa shape index (κ1) is 18.9. The van der Waals surface area contributed by atoms with Crippen LogP contribution in [0.15, 0.2) is 30.3 Å². The van der Waals surface area contributed by atoms with Gasteiger partial charge in [-0.3, -0.25) is 4.79 Å². The Morgan fingerprint density at radius 1 is 1.10 bits per heavy atom. The van der Waals surface area contributed by atoms with Gasteiger partial charge in [-0.1, -0.05) is 0 Å². The maximum absolute atomic E-state index is 13.7. The zero-order valence-electron chi connectivity index (χ0n) is 16.1. The molecular formula is C21H19F2N5O2. The lowest BCUT2D eigenvalue weighted by atomic mass is 9.89. The zero-order valence-corrected chi connectivity index (χ0v) is 16.1. The van der Waals surface area contributed by atoms with Gasteiger partial charge in [0.25, 0.3) is 5.91 Å². The molecule has 1 spiro atoms. The number of amides is 1. The summed E-state index contributed by atoms with van der Waals surface area (Å²) in [6.45, 7) is 1.12. The molecule has 154 valence electrons. The van der Waals surface area contributed by atoms with Gasteiger partial charge in [0.05, 0.1) is 6.04 Å². The van der Waals surface area contributed by atoms with Gasteiger partial charge in [0, 0.05) is 32.0 Å². The van der Waals surface area contributed by atoms with Gasteiger partial charge in [-0.2, -0.15) is 5.26 Å². The molecule has 2 atom stereocenters. The van der Waals surface area contributed by atoms with E-state index in [9.17, 15) is 13.6 Å². The minimum absolute atomic E-state index is 0.106. The summed E-state index contributed by atoms with van der Waals surface area (Å²) in [4.78, 5) is 17.1. The van der Waals surface area contributed by atoms with Crippen LogP contribution in [0.5, 0.6) is 0 Å². The topological polar surface area (TPSA) is 82.4 Å². The van der Waals surface area contributed by atoms with Crippen molar-refractivity contribution in [3.05, 3.63) is 53.2 Å². The number of hydrogen-bond acceptors (Lipinski definition) is 6. The molecule has 0 saturated carbocycles. The minimum Gasteiger partial charge on any atom is -0.355 e. The maximum Gasteiger partial charge on any atom is 0.257 e. The first-order valence-corrected chi connectivity index (χ1v) is 9.94. The van der Waals surface area contributed by atoms with Crippen molar-refractivity contribution in [2.45, 2.75) is 43.6 Å². The predicted octanol–water partition coefficient (Wildman–Crippen LogP) is 2.69. The van der Waals surface area contributed by atoms with E-state index in [0.717, 1.165) is 6.07 Å². The van der Waals surface area contributed by atoms with Crippen molar-refractivity contribution in [1.82, 2.24) is 15.1 Å². The average molecular weight is 411 g/mol. The molecule has 3 aliphatic heterocycles. The Hall–Kier alpha value is -3.12. The molecule has 3 aliphatic rings. The molecule has 4 heterocycles. The Labute approximate surface area is 171 Å². The number of aromatic nitrogens is 2. The number of carbonyl (C=O) groups is 1. The van der Waals surface area contributed by atoms with E-state index in [1.807, 2.05) is 11.0 Å². The number of anilines is 1. The van der Waals surface area contributed by atoms with Crippen molar-refractivity contribution in [2.75, 3.05) is 18.0 Å². The number of benzene rings is 1. The number of fused-ring (bicyclic) bond motifs is 1. The summed E-state index contributed by atoms with van der Waals surface area (Å²) < 4.78 is 33.7. The third-order valence-corrected chi connectivity index (χ3v) is 6.25. The Bertz CT molecular complexity index is 1010. The third-order valence-electron chi connectivity index (χ3n) is 6.25. The maximum atomic E-state index is 13.7. The second-order valence-electron chi connectivity index (χ2n) is 7.95. The van der Waals surface area contributed by atoms with Crippen molar-refractivity contribution in [3.63, 3.8) is 0 Å². The van der Waals surface area contributed by atoms with Gasteiger partial charge >= 0.3 is 0 Å². The number of carbonyl (C=O) groups excluding carboxylic acids is 1. The van der Waals surface area contributed by atoms with Crippen molar-refractivity contribution in [2.24, 2.45) is 0 Å². The van der Waals surface area contributed by atoms with Crippen molar-refractivity contribution >= 4 is 11.7 Å². The van der Waals surface area contributed by atoms with E-state index in [0.29, 0.717) is 50.2 Å². The largest absolute Gasteiger partial charge is 0.355 e. The first-order chi connectivity index (χ1) is 14.5. The van der Waals surface area contributed by atoms with Crippen LogP contribution in [0, 0.1) is 23.0 Å². The van der Waals surface area contributed by atoms with Gasteiger partial charge in [-0.15, -0.1) is 10.2 Å². The number of ether oxygens (including phenoxy) is 1. The highest BCUT2D eigenvalue weighted by Gasteiger charge is 2.58. The smallest absolute Gasteiger partial charge is 0.257 e. The molecular weight excluding hydrogens is 392 g/mol. The normalized spacial score (nSPS) is 24.9. The quantitative estimate of drug-likeness (QED) is 0.756. The standard InChI is InChI=1S/C21H19F2N5O2/c22-14-9-13(10-15(23)11-14)17-2-4-19-28(17)20(29)21(30-19)5-7-27(8-6-21)18-3-1-16(12-24)25-26-18/h1,3,9-11,17,19H,2,4-8H2. The summed E-state index contributed by atoms with van der Waals surface area (Å²) in [5.41, 5.74) is -0.192. The Morgan fingerprint density at radius 3 is 2.47 bits per heavy atom. The van der Waals surface area contributed by atoms with E-state index in [4.69, 9.17) is 10.00 Å². The molecule has 3 fully saturated rings. The number of piperidine rings is 1. The molecule has 0 bridgehead atoms. The van der Waals surface area contributed by atoms with Crippen LogP contribution in [0.4, 0.5) is 14.6 Å². The van der Waals surface area contributed by atoms with Crippen LogP contribution in [-0.2, 0) is 9.53 Å². The Kier molecular flexibility index (Phi) is 4.40. The lowest BCUT2D eigenvalue weighted by molar-refractivity contribution is -0.140. The molecule has 2 aromatic rings. The van der Waals surface area contributed by atoms with Gasteiger partial charge < -0.3 is 14.5 Å². The van der Waals surface area contributed by atoms with Crippen molar-refractivity contribution in [3.8, 4) is 6.07 Å². The van der Waals surface area contributed by atoms with Crippen molar-refractivity contribution < 1.29 is 18.3 Å². The van der Waals surface area contributed by atoms with Gasteiger partial charge in [0.1, 0.15) is 23.9 Å². The van der Waals surface area contributed by atoms with Crippen molar-refractivity contribution in [1.29, 1.82) is 5.26 Å². The molecule has 1 aromatic carbocycles. The highest BCUT2D eigenvalue weighted by molar-refractivity contribution is 5.88. The molecule has 0 N–H and O–H groups in total. The van der Waals surface area contributed by atoms with E-state index in [1.165, 1.54) is 12.1 Å². The molecule has 5 rings (SSSR count). The van der Waals surface area contributed by atoms with E-state index < -0.39 is 17.2 Å². The summed E-state index contributed by atoms with van der Waals surface area (Å²) in [5.74, 6) is -0.742. The zero-order chi connectivity index (χ0) is 20.9. The van der Waals surface area contributed by atoms with E-state index in [1.54, 1.807) is 17.0 Å². The van der Waals surface area contributed by atoms with Crippen LogP contribution in [0.25, 0.3) is 0 Å². The van der Waals surface area contributed by atoms with Crippen LogP contribution < -0.4 is 4.90 Å². The summed E-state index contributed by atoms with van der Waals surface area (Å²) in [6.07, 6.45) is 1.87. The van der Waals surface area contributed by atoms with Gasteiger partial charge in [0.15, 0.2) is 17.1 Å². The van der Waals surface area contributed by atoms with Crippen LogP contribution in [0.1, 0.15) is 43.0 Å². The highest BCUT2D eigenvalue weighted by Crippen LogP contribution is 2.47. The van der Waals surface area contributed by atoms with Crippen LogP contribution in [0.3, 0.4) is 0 Å². The number of halogens is 2. The fraction of sp³-hybridized carbons (Fsp3) is 0.429. The second kappa shape index (κ2) is 6.99. The molecule has 30 heavy (non-hydrogen) atoms. The summed E-state index contributed by atoms with van der Waals surface area (Å²) in [6, 6.07) is 8.34. The molecule has 2 unspecified atom stereocenters. The van der Waals surface area contributed by atoms with Crippen LogP contribution in [-0.4, -0.2) is 45.9 Å². The minimum atomic E-state index is -0.911. The molecule has 0 aliphatic carbocycles. The number of nitriles is 1. The Morgan fingerprint density at radius 2 is 1.83 bits per heavy atom. The average Bonchev–Trinajstić information content (AvgIpc) is 3.26. The summed E-state index contributed by atoms with van der Waals surface area (Å²) in [5, 5.41) is 16.8. The fourth-order valence-electron chi connectivity index (χ4n) is 4.79. The predicted molar refractivity (Wildman–Crippen MR) is 101 cm³/mol. The van der Waals surface area contributed by atoms with E-state index in [-0.39, 0.29) is 23.9 Å². The van der Waals surface area contributed by atoms with Gasteiger partial charge in [0.2, 0.25) is 0 Å². The van der Waals surface area contributed by atoms with Gasteiger partial charge in [-0.25, -0.2) is 8.78 Å². The Balaban J connectivity index is 1.33. The fourth-order valence-corrected chi connectivity index (χ4v) is 4.79. The number of hydrogen-bond donors (Lipinski definition) is 0. The van der Waals surface area contributed by atoms with E-state index in [2.05, 4.69) is 10.2 Å². The molecule has 1 aromatic heterocycles. The highest BCUT2D eigenvalue weighted by atomic mass is 19.1. The first-order valence-electron chi connectivity index (χ1n) is 9.94.